The van der Waals surface area contributed by atoms with E-state index in [0.717, 1.165) is 4.90 Å². The van der Waals surface area contributed by atoms with Crippen LogP contribution >= 0.6 is 0 Å². The number of aromatic nitrogens is 2. The molecule has 0 bridgehead atoms. The highest BCUT2D eigenvalue weighted by atomic mass is 19.3. The first-order chi connectivity index (χ1) is 9.85. The number of nitrogens with one attached hydrogen (secondary N) is 1. The van der Waals surface area contributed by atoms with Crippen molar-refractivity contribution in [2.24, 2.45) is 0 Å². The van der Waals surface area contributed by atoms with Crippen molar-refractivity contribution in [2.45, 2.75) is 31.7 Å². The van der Waals surface area contributed by atoms with Crippen LogP contribution in [0.5, 0.6) is 0 Å². The van der Waals surface area contributed by atoms with E-state index in [2.05, 4.69) is 16.8 Å². The van der Waals surface area contributed by atoms with Gasteiger partial charge < -0.3 is 15.1 Å². The van der Waals surface area contributed by atoms with E-state index in [9.17, 15) is 13.6 Å². The largest absolute Gasteiger partial charge is 0.465 e. The number of amides is 1. The molecule has 0 spiro atoms. The summed E-state index contributed by atoms with van der Waals surface area (Å²) in [5, 5.41) is 24.0. The molecule has 21 heavy (non-hydrogen) atoms. The Morgan fingerprint density at radius 3 is 2.86 bits per heavy atom. The topological polar surface area (TPSA) is 89.5 Å². The average Bonchev–Trinajstić information content (AvgIpc) is 2.88. The van der Waals surface area contributed by atoms with Crippen molar-refractivity contribution in [3.63, 3.8) is 0 Å². The Balaban J connectivity index is 2.19. The number of aromatic amines is 1. The number of fused-ring (bicyclic) bond motifs is 1. The number of halogens is 2. The molecule has 1 aromatic rings. The Morgan fingerprint density at radius 2 is 2.24 bits per heavy atom. The second kappa shape index (κ2) is 5.80. The number of alkyl halides is 2. The molecule has 0 unspecified atom stereocenters. The minimum Gasteiger partial charge on any atom is -0.465 e. The highest BCUT2D eigenvalue weighted by Crippen LogP contribution is 2.37. The molecule has 3 N–H and O–H groups in total. The van der Waals surface area contributed by atoms with Gasteiger partial charge in [0.25, 0.3) is 5.92 Å². The Bertz CT molecular complexity index is 557. The summed E-state index contributed by atoms with van der Waals surface area (Å²) in [5.41, 5.74) is 0.729. The molecule has 0 radical (unpaired) electrons. The highest BCUT2D eigenvalue weighted by molar-refractivity contribution is 5.65. The Kier molecular flexibility index (Phi) is 4.26. The van der Waals surface area contributed by atoms with Gasteiger partial charge in [-0.3, -0.25) is 5.10 Å². The second-order valence-electron chi connectivity index (χ2n) is 5.10. The van der Waals surface area contributed by atoms with Crippen LogP contribution in [0.15, 0.2) is 12.2 Å². The molecule has 1 aliphatic rings. The number of rotatable bonds is 5. The number of aliphatic hydroxyl groups excluding tert-OH is 1. The molecule has 6 nitrogen and oxygen atoms in total. The number of hydrogen-bond acceptors (Lipinski definition) is 3. The standard InChI is InChI=1S/C13H17F2N3O3/c1-8(7-19)2-4-13(14,15)11-9-6-18(12(20)21)5-3-10(9)16-17-11/h19H,1-7H2,(H,16,17)(H,20,21). The van der Waals surface area contributed by atoms with Crippen LogP contribution in [0, 0.1) is 0 Å². The van der Waals surface area contributed by atoms with E-state index in [1.165, 1.54) is 0 Å². The van der Waals surface area contributed by atoms with Crippen LogP contribution in [0.25, 0.3) is 0 Å². The Morgan fingerprint density at radius 1 is 1.52 bits per heavy atom. The van der Waals surface area contributed by atoms with Gasteiger partial charge in [-0.25, -0.2) is 4.79 Å². The van der Waals surface area contributed by atoms with Crippen molar-refractivity contribution < 1.29 is 23.8 Å². The normalized spacial score (nSPS) is 14.9. The van der Waals surface area contributed by atoms with Crippen molar-refractivity contribution in [3.8, 4) is 0 Å². The fraction of sp³-hybridized carbons (Fsp3) is 0.538. The number of nitrogens with zero attached hydrogens (tertiary/aromatic N) is 2. The molecule has 1 aromatic heterocycles. The van der Waals surface area contributed by atoms with E-state index in [-0.39, 0.29) is 31.7 Å². The van der Waals surface area contributed by atoms with Crippen LogP contribution in [-0.2, 0) is 18.9 Å². The number of H-pyrrole nitrogens is 1. The van der Waals surface area contributed by atoms with Gasteiger partial charge in [0, 0.05) is 30.6 Å². The predicted octanol–water partition coefficient (Wildman–Crippen LogP) is 1.87. The lowest BCUT2D eigenvalue weighted by Gasteiger charge is -2.25. The number of hydrogen-bond donors (Lipinski definition) is 3. The number of carboxylic acid groups (broad SMARTS) is 1. The molecule has 116 valence electrons. The van der Waals surface area contributed by atoms with E-state index in [1.807, 2.05) is 0 Å². The molecular formula is C13H17F2N3O3. The van der Waals surface area contributed by atoms with Crippen LogP contribution in [0.4, 0.5) is 13.6 Å². The first kappa shape index (κ1) is 15.4. The molecule has 1 aliphatic heterocycles. The van der Waals surface area contributed by atoms with Crippen LogP contribution in [0.3, 0.4) is 0 Å². The number of carbonyl (C=O) groups is 1. The number of aliphatic hydroxyl groups is 1. The molecular weight excluding hydrogens is 284 g/mol. The lowest BCUT2D eigenvalue weighted by Crippen LogP contribution is -2.35. The third kappa shape index (κ3) is 3.21. The van der Waals surface area contributed by atoms with E-state index >= 15 is 0 Å². The summed E-state index contributed by atoms with van der Waals surface area (Å²) in [4.78, 5) is 12.1. The summed E-state index contributed by atoms with van der Waals surface area (Å²) in [6.45, 7) is 3.32. The molecule has 0 saturated carbocycles. The maximum absolute atomic E-state index is 14.2. The van der Waals surface area contributed by atoms with Gasteiger partial charge in [0.15, 0.2) is 0 Å². The Hall–Kier alpha value is -1.96. The smallest absolute Gasteiger partial charge is 0.407 e. The second-order valence-corrected chi connectivity index (χ2v) is 5.10. The van der Waals surface area contributed by atoms with Crippen molar-refractivity contribution in [2.75, 3.05) is 13.2 Å². The van der Waals surface area contributed by atoms with E-state index in [4.69, 9.17) is 10.2 Å². The van der Waals surface area contributed by atoms with Gasteiger partial charge in [-0.15, -0.1) is 0 Å². The lowest BCUT2D eigenvalue weighted by molar-refractivity contribution is -0.0193. The maximum atomic E-state index is 14.2. The van der Waals surface area contributed by atoms with E-state index < -0.39 is 24.1 Å². The lowest BCUT2D eigenvalue weighted by atomic mass is 9.99. The van der Waals surface area contributed by atoms with Gasteiger partial charge in [-0.2, -0.15) is 13.9 Å². The van der Waals surface area contributed by atoms with Crippen LogP contribution < -0.4 is 0 Å². The minimum absolute atomic E-state index is 0.0201. The SMILES string of the molecule is C=C(CO)CCC(F)(F)c1n[nH]c2c1CN(C(=O)O)CC2. The molecule has 2 heterocycles. The van der Waals surface area contributed by atoms with E-state index in [1.54, 1.807) is 0 Å². The summed E-state index contributed by atoms with van der Waals surface area (Å²) in [6.07, 6.45) is -1.33. The van der Waals surface area contributed by atoms with Gasteiger partial charge in [0.2, 0.25) is 0 Å². The summed E-state index contributed by atoms with van der Waals surface area (Å²) < 4.78 is 28.5. The highest BCUT2D eigenvalue weighted by Gasteiger charge is 2.39. The predicted molar refractivity (Wildman–Crippen MR) is 70.1 cm³/mol. The molecule has 0 aromatic carbocycles. The molecule has 0 atom stereocenters. The molecule has 0 saturated heterocycles. The average molecular weight is 301 g/mol. The van der Waals surface area contributed by atoms with Crippen LogP contribution in [-0.4, -0.2) is 44.6 Å². The van der Waals surface area contributed by atoms with Crippen LogP contribution in [0.1, 0.15) is 29.8 Å². The monoisotopic (exact) mass is 301 g/mol. The molecule has 8 heteroatoms. The van der Waals surface area contributed by atoms with Crippen molar-refractivity contribution in [1.82, 2.24) is 15.1 Å². The maximum Gasteiger partial charge on any atom is 0.407 e. The first-order valence-electron chi connectivity index (χ1n) is 6.55. The fourth-order valence-corrected chi connectivity index (χ4v) is 2.29. The molecule has 0 fully saturated rings. The van der Waals surface area contributed by atoms with E-state index in [0.29, 0.717) is 17.7 Å². The molecule has 2 rings (SSSR count). The van der Waals surface area contributed by atoms with Crippen molar-refractivity contribution in [3.05, 3.63) is 29.1 Å². The third-order valence-electron chi connectivity index (χ3n) is 3.57. The van der Waals surface area contributed by atoms with Crippen molar-refractivity contribution in [1.29, 1.82) is 0 Å². The summed E-state index contributed by atoms with van der Waals surface area (Å²) in [6, 6.07) is 0. The van der Waals surface area contributed by atoms with Gasteiger partial charge in [0.05, 0.1) is 13.2 Å². The first-order valence-corrected chi connectivity index (χ1v) is 6.55. The molecule has 0 aliphatic carbocycles. The zero-order valence-electron chi connectivity index (χ0n) is 11.4. The summed E-state index contributed by atoms with van der Waals surface area (Å²) in [7, 11) is 0. The van der Waals surface area contributed by atoms with Gasteiger partial charge in [-0.1, -0.05) is 12.2 Å². The zero-order valence-corrected chi connectivity index (χ0v) is 11.4. The van der Waals surface area contributed by atoms with Crippen molar-refractivity contribution >= 4 is 6.09 Å². The van der Waals surface area contributed by atoms with Gasteiger partial charge in [0.1, 0.15) is 5.69 Å². The third-order valence-corrected chi connectivity index (χ3v) is 3.57. The van der Waals surface area contributed by atoms with Gasteiger partial charge >= 0.3 is 6.09 Å². The summed E-state index contributed by atoms with van der Waals surface area (Å²) in [5.74, 6) is -3.19. The quantitative estimate of drug-likeness (QED) is 0.724. The minimum atomic E-state index is -3.19. The van der Waals surface area contributed by atoms with Crippen LogP contribution in [0.2, 0.25) is 0 Å². The summed E-state index contributed by atoms with van der Waals surface area (Å²) >= 11 is 0. The fourth-order valence-electron chi connectivity index (χ4n) is 2.29. The van der Waals surface area contributed by atoms with Gasteiger partial charge in [-0.05, 0) is 6.42 Å². The molecule has 1 amide bonds. The Labute approximate surface area is 120 Å². The zero-order chi connectivity index (χ0) is 15.6.